The van der Waals surface area contributed by atoms with Crippen LogP contribution in [0.4, 0.5) is 0 Å². The summed E-state index contributed by atoms with van der Waals surface area (Å²) in [4.78, 5) is 0. The van der Waals surface area contributed by atoms with Gasteiger partial charge in [-0.25, -0.2) is 0 Å². The molecule has 0 atom stereocenters. The van der Waals surface area contributed by atoms with Gasteiger partial charge in [0.05, 0.1) is 5.60 Å². The van der Waals surface area contributed by atoms with Gasteiger partial charge >= 0.3 is 0 Å². The van der Waals surface area contributed by atoms with Crippen LogP contribution < -0.4 is 5.84 Å². The van der Waals surface area contributed by atoms with Gasteiger partial charge in [-0.15, -0.1) is 0 Å². The van der Waals surface area contributed by atoms with Crippen molar-refractivity contribution < 1.29 is 5.11 Å². The number of nitrogens with zero attached hydrogens (tertiary/aromatic N) is 1. The van der Waals surface area contributed by atoms with Gasteiger partial charge in [0.2, 0.25) is 0 Å². The van der Waals surface area contributed by atoms with Gasteiger partial charge in [-0.05, 0) is 13.8 Å². The lowest BCUT2D eigenvalue weighted by Gasteiger charge is -2.11. The molecule has 0 aliphatic carbocycles. The van der Waals surface area contributed by atoms with E-state index in [-0.39, 0.29) is 0 Å². The van der Waals surface area contributed by atoms with Crippen LogP contribution in [-0.2, 0) is 0 Å². The summed E-state index contributed by atoms with van der Waals surface area (Å²) >= 11 is 0. The average molecular weight is 116 g/mol. The summed E-state index contributed by atoms with van der Waals surface area (Å²) in [6.07, 6.45) is 1.99. The summed E-state index contributed by atoms with van der Waals surface area (Å²) in [6, 6.07) is 0. The predicted molar refractivity (Wildman–Crippen MR) is 33.6 cm³/mol. The summed E-state index contributed by atoms with van der Waals surface area (Å²) in [7, 11) is 0. The van der Waals surface area contributed by atoms with Crippen LogP contribution in [0.25, 0.3) is 0 Å². The van der Waals surface area contributed by atoms with Gasteiger partial charge in [0.25, 0.3) is 0 Å². The van der Waals surface area contributed by atoms with Crippen molar-refractivity contribution in [2.75, 3.05) is 0 Å². The zero-order valence-corrected chi connectivity index (χ0v) is 5.26. The van der Waals surface area contributed by atoms with Crippen molar-refractivity contribution in [1.29, 1.82) is 0 Å². The minimum absolute atomic E-state index is 0.503. The first-order chi connectivity index (χ1) is 3.56. The molecule has 48 valence electrons. The van der Waals surface area contributed by atoms with Crippen LogP contribution in [-0.4, -0.2) is 16.9 Å². The molecule has 3 heteroatoms. The van der Waals surface area contributed by atoms with Crippen LogP contribution in [0.5, 0.6) is 0 Å². The van der Waals surface area contributed by atoms with E-state index < -0.39 is 5.60 Å². The number of hydrogen-bond acceptors (Lipinski definition) is 3. The Morgan fingerprint density at radius 3 is 2.38 bits per heavy atom. The van der Waals surface area contributed by atoms with Crippen molar-refractivity contribution in [3.05, 3.63) is 0 Å². The van der Waals surface area contributed by atoms with Crippen molar-refractivity contribution in [3.63, 3.8) is 0 Å². The highest BCUT2D eigenvalue weighted by molar-refractivity contribution is 5.57. The monoisotopic (exact) mass is 116 g/mol. The molecule has 3 nitrogen and oxygen atoms in total. The van der Waals surface area contributed by atoms with E-state index in [1.165, 1.54) is 6.21 Å². The second-order valence-electron chi connectivity index (χ2n) is 2.35. The van der Waals surface area contributed by atoms with Gasteiger partial charge in [-0.3, -0.25) is 0 Å². The standard InChI is InChI=1S/C5H12N2O/c1-5(2,8)3-4-7-6/h4,8H,3,6H2,1-2H3/b7-4-. The zero-order valence-electron chi connectivity index (χ0n) is 5.26. The van der Waals surface area contributed by atoms with Crippen LogP contribution in [0, 0.1) is 0 Å². The van der Waals surface area contributed by atoms with Crippen LogP contribution >= 0.6 is 0 Å². The molecular formula is C5H12N2O. The van der Waals surface area contributed by atoms with Gasteiger partial charge in [0.1, 0.15) is 0 Å². The lowest BCUT2D eigenvalue weighted by Crippen LogP contribution is -2.18. The Kier molecular flexibility index (Phi) is 2.48. The van der Waals surface area contributed by atoms with E-state index in [9.17, 15) is 0 Å². The topological polar surface area (TPSA) is 58.6 Å². The fourth-order valence-electron chi connectivity index (χ4n) is 0.276. The van der Waals surface area contributed by atoms with Crippen LogP contribution in [0.2, 0.25) is 0 Å². The highest BCUT2D eigenvalue weighted by Gasteiger charge is 2.08. The fourth-order valence-corrected chi connectivity index (χ4v) is 0.276. The normalized spacial score (nSPS) is 12.9. The van der Waals surface area contributed by atoms with E-state index in [1.54, 1.807) is 13.8 Å². The maximum Gasteiger partial charge on any atom is 0.0641 e. The Hall–Kier alpha value is -0.570. The number of nitrogens with two attached hydrogens (primary N) is 1. The number of hydrazone groups is 1. The van der Waals surface area contributed by atoms with E-state index in [2.05, 4.69) is 5.10 Å². The molecule has 0 spiro atoms. The van der Waals surface area contributed by atoms with E-state index in [0.29, 0.717) is 6.42 Å². The van der Waals surface area contributed by atoms with E-state index >= 15 is 0 Å². The third-order valence-corrected chi connectivity index (χ3v) is 0.696. The molecule has 0 aromatic carbocycles. The summed E-state index contributed by atoms with van der Waals surface area (Å²) in [6.45, 7) is 3.41. The molecule has 0 saturated carbocycles. The molecule has 0 fully saturated rings. The minimum atomic E-state index is -0.678. The molecule has 0 rings (SSSR count). The molecule has 0 saturated heterocycles. The van der Waals surface area contributed by atoms with E-state index in [4.69, 9.17) is 10.9 Å². The van der Waals surface area contributed by atoms with Gasteiger partial charge in [-0.1, -0.05) is 0 Å². The molecule has 0 amide bonds. The Morgan fingerprint density at radius 1 is 1.75 bits per heavy atom. The smallest absolute Gasteiger partial charge is 0.0641 e. The molecule has 0 aromatic rings. The first-order valence-corrected chi connectivity index (χ1v) is 2.50. The Labute approximate surface area is 49.2 Å². The molecule has 0 radical (unpaired) electrons. The third kappa shape index (κ3) is 5.43. The summed E-state index contributed by atoms with van der Waals surface area (Å²) < 4.78 is 0. The summed E-state index contributed by atoms with van der Waals surface area (Å²) in [5.74, 6) is 4.79. The first-order valence-electron chi connectivity index (χ1n) is 2.50. The summed E-state index contributed by atoms with van der Waals surface area (Å²) in [5, 5.41) is 12.2. The zero-order chi connectivity index (χ0) is 6.62. The lowest BCUT2D eigenvalue weighted by atomic mass is 10.1. The second-order valence-corrected chi connectivity index (χ2v) is 2.35. The highest BCUT2D eigenvalue weighted by atomic mass is 16.3. The number of rotatable bonds is 2. The largest absolute Gasteiger partial charge is 0.390 e. The Bertz CT molecular complexity index is 82.9. The second kappa shape index (κ2) is 2.67. The number of aliphatic hydroxyl groups is 1. The molecule has 0 aliphatic heterocycles. The molecule has 0 aliphatic rings. The van der Waals surface area contributed by atoms with Crippen molar-refractivity contribution in [2.45, 2.75) is 25.9 Å². The minimum Gasteiger partial charge on any atom is -0.390 e. The van der Waals surface area contributed by atoms with E-state index in [0.717, 1.165) is 0 Å². The van der Waals surface area contributed by atoms with Crippen molar-refractivity contribution in [2.24, 2.45) is 10.9 Å². The molecule has 0 bridgehead atoms. The molecule has 3 N–H and O–H groups in total. The molecule has 0 unspecified atom stereocenters. The van der Waals surface area contributed by atoms with Gasteiger partial charge in [-0.2, -0.15) is 5.10 Å². The molecule has 8 heavy (non-hydrogen) atoms. The van der Waals surface area contributed by atoms with Crippen LogP contribution in [0.15, 0.2) is 5.10 Å². The van der Waals surface area contributed by atoms with Gasteiger partial charge in [0.15, 0.2) is 0 Å². The fraction of sp³-hybridized carbons (Fsp3) is 0.800. The van der Waals surface area contributed by atoms with E-state index in [1.807, 2.05) is 0 Å². The first kappa shape index (κ1) is 7.43. The predicted octanol–water partition coefficient (Wildman–Crippen LogP) is 0.0919. The van der Waals surface area contributed by atoms with Crippen LogP contribution in [0.1, 0.15) is 20.3 Å². The Morgan fingerprint density at radius 2 is 2.25 bits per heavy atom. The molecule has 0 heterocycles. The van der Waals surface area contributed by atoms with Gasteiger partial charge < -0.3 is 10.9 Å². The molecule has 0 aromatic heterocycles. The van der Waals surface area contributed by atoms with Gasteiger partial charge in [0, 0.05) is 12.6 Å². The lowest BCUT2D eigenvalue weighted by molar-refractivity contribution is 0.0897. The van der Waals surface area contributed by atoms with Crippen LogP contribution in [0.3, 0.4) is 0 Å². The maximum absolute atomic E-state index is 9.00. The van der Waals surface area contributed by atoms with Crippen molar-refractivity contribution in [1.82, 2.24) is 0 Å². The SMILES string of the molecule is CC(C)(O)C/C=N\N. The Balaban J connectivity index is 3.39. The number of hydrogen-bond donors (Lipinski definition) is 2. The third-order valence-electron chi connectivity index (χ3n) is 0.696. The highest BCUT2D eigenvalue weighted by Crippen LogP contribution is 2.03. The van der Waals surface area contributed by atoms with Crippen molar-refractivity contribution >= 4 is 6.21 Å². The summed E-state index contributed by atoms with van der Waals surface area (Å²) in [5.41, 5.74) is -0.678. The average Bonchev–Trinajstić information content (AvgIpc) is 1.59. The quantitative estimate of drug-likeness (QED) is 0.305. The molecular weight excluding hydrogens is 104 g/mol. The maximum atomic E-state index is 9.00. The van der Waals surface area contributed by atoms with Crippen molar-refractivity contribution in [3.8, 4) is 0 Å².